The third-order valence-electron chi connectivity index (χ3n) is 2.78. The number of rotatable bonds is 5. The summed E-state index contributed by atoms with van der Waals surface area (Å²) in [6.07, 6.45) is 2.78. The summed E-state index contributed by atoms with van der Waals surface area (Å²) in [4.78, 5) is 20.8. The van der Waals surface area contributed by atoms with Gasteiger partial charge in [-0.1, -0.05) is 30.3 Å². The first kappa shape index (κ1) is 13.0. The van der Waals surface area contributed by atoms with Crippen LogP contribution in [0, 0.1) is 0 Å². The van der Waals surface area contributed by atoms with Crippen molar-refractivity contribution < 1.29 is 9.90 Å². The van der Waals surface area contributed by atoms with E-state index < -0.39 is 5.97 Å². The van der Waals surface area contributed by atoms with E-state index in [1.165, 1.54) is 18.0 Å². The molecule has 1 aromatic heterocycles. The van der Waals surface area contributed by atoms with Gasteiger partial charge in [-0.2, -0.15) is 0 Å². The Morgan fingerprint density at radius 2 is 1.95 bits per heavy atom. The Bertz CT molecular complexity index is 540. The van der Waals surface area contributed by atoms with Crippen molar-refractivity contribution in [2.75, 3.05) is 11.4 Å². The van der Waals surface area contributed by atoms with Crippen molar-refractivity contribution in [3.05, 3.63) is 54.0 Å². The summed E-state index contributed by atoms with van der Waals surface area (Å²) in [7, 11) is 0. The minimum Gasteiger partial charge on any atom is -0.476 e. The molecule has 0 radical (unpaired) electrons. The first-order valence-corrected chi connectivity index (χ1v) is 6.05. The summed E-state index contributed by atoms with van der Waals surface area (Å²) in [5.74, 6) is -0.387. The molecule has 5 nitrogen and oxygen atoms in total. The van der Waals surface area contributed by atoms with Gasteiger partial charge in [-0.05, 0) is 12.5 Å². The molecule has 2 aromatic rings. The van der Waals surface area contributed by atoms with Gasteiger partial charge in [-0.15, -0.1) is 0 Å². The lowest BCUT2D eigenvalue weighted by Gasteiger charge is -2.21. The number of carboxylic acids is 1. The van der Waals surface area contributed by atoms with Crippen molar-refractivity contribution in [3.8, 4) is 0 Å². The molecule has 0 saturated heterocycles. The number of carboxylic acid groups (broad SMARTS) is 1. The molecule has 1 aromatic carbocycles. The topological polar surface area (TPSA) is 66.3 Å². The van der Waals surface area contributed by atoms with E-state index >= 15 is 0 Å². The summed E-state index contributed by atoms with van der Waals surface area (Å²) in [6.45, 7) is 3.52. The number of carbonyl (C=O) groups is 1. The predicted octanol–water partition coefficient (Wildman–Crippen LogP) is 2.20. The van der Waals surface area contributed by atoms with E-state index in [1.807, 2.05) is 42.2 Å². The molecule has 98 valence electrons. The Morgan fingerprint density at radius 1 is 1.21 bits per heavy atom. The molecule has 0 aliphatic carbocycles. The monoisotopic (exact) mass is 257 g/mol. The van der Waals surface area contributed by atoms with Crippen LogP contribution < -0.4 is 4.90 Å². The van der Waals surface area contributed by atoms with Crippen LogP contribution in [0.3, 0.4) is 0 Å². The van der Waals surface area contributed by atoms with E-state index in [0.29, 0.717) is 5.82 Å². The van der Waals surface area contributed by atoms with Gasteiger partial charge in [0, 0.05) is 13.1 Å². The highest BCUT2D eigenvalue weighted by atomic mass is 16.4. The average Bonchev–Trinajstić information content (AvgIpc) is 2.46. The number of aromatic nitrogens is 2. The number of nitrogens with zero attached hydrogens (tertiary/aromatic N) is 3. The Labute approximate surface area is 111 Å². The second-order valence-electron chi connectivity index (χ2n) is 4.06. The molecule has 0 spiro atoms. The van der Waals surface area contributed by atoms with Crippen LogP contribution in [0.4, 0.5) is 5.82 Å². The zero-order valence-electron chi connectivity index (χ0n) is 10.7. The van der Waals surface area contributed by atoms with E-state index in [0.717, 1.165) is 13.1 Å². The molecule has 5 heteroatoms. The van der Waals surface area contributed by atoms with Gasteiger partial charge < -0.3 is 10.0 Å². The van der Waals surface area contributed by atoms with Crippen LogP contribution in [0.5, 0.6) is 0 Å². The molecule has 0 fully saturated rings. The van der Waals surface area contributed by atoms with E-state index in [-0.39, 0.29) is 5.69 Å². The molecule has 0 saturated carbocycles. The molecule has 1 N–H and O–H groups in total. The molecule has 1 heterocycles. The predicted molar refractivity (Wildman–Crippen MR) is 72.2 cm³/mol. The fraction of sp³-hybridized carbons (Fsp3) is 0.214. The van der Waals surface area contributed by atoms with E-state index in [4.69, 9.17) is 5.11 Å². The molecule has 0 aliphatic rings. The summed E-state index contributed by atoms with van der Waals surface area (Å²) >= 11 is 0. The van der Waals surface area contributed by atoms with Crippen LogP contribution in [-0.4, -0.2) is 27.6 Å². The van der Waals surface area contributed by atoms with Crippen molar-refractivity contribution >= 4 is 11.8 Å². The standard InChI is InChI=1S/C14H15N3O2/c1-2-17(10-11-6-4-3-5-7-11)13-9-15-12(8-16-13)14(18)19/h3-9H,2,10H2,1H3,(H,18,19). The van der Waals surface area contributed by atoms with Gasteiger partial charge in [0.1, 0.15) is 5.82 Å². The van der Waals surface area contributed by atoms with Gasteiger partial charge in [0.05, 0.1) is 12.4 Å². The number of hydrogen-bond donors (Lipinski definition) is 1. The van der Waals surface area contributed by atoms with Crippen molar-refractivity contribution in [2.45, 2.75) is 13.5 Å². The molecule has 0 amide bonds. The third kappa shape index (κ3) is 3.28. The Morgan fingerprint density at radius 3 is 2.47 bits per heavy atom. The van der Waals surface area contributed by atoms with Gasteiger partial charge in [-0.3, -0.25) is 0 Å². The lowest BCUT2D eigenvalue weighted by molar-refractivity contribution is 0.0690. The van der Waals surface area contributed by atoms with Gasteiger partial charge in [0.2, 0.25) is 0 Å². The van der Waals surface area contributed by atoms with Crippen molar-refractivity contribution in [1.82, 2.24) is 9.97 Å². The second kappa shape index (κ2) is 5.95. The van der Waals surface area contributed by atoms with Gasteiger partial charge in [0.15, 0.2) is 5.69 Å². The van der Waals surface area contributed by atoms with Crippen molar-refractivity contribution in [3.63, 3.8) is 0 Å². The molecule has 19 heavy (non-hydrogen) atoms. The zero-order valence-corrected chi connectivity index (χ0v) is 10.7. The highest BCUT2D eigenvalue weighted by molar-refractivity contribution is 5.84. The third-order valence-corrected chi connectivity index (χ3v) is 2.78. The lowest BCUT2D eigenvalue weighted by Crippen LogP contribution is -2.23. The molecule has 0 atom stereocenters. The Balaban J connectivity index is 2.15. The summed E-state index contributed by atoms with van der Waals surface area (Å²) in [6, 6.07) is 10.0. The molecular weight excluding hydrogens is 242 g/mol. The summed E-state index contributed by atoms with van der Waals surface area (Å²) < 4.78 is 0. The highest BCUT2D eigenvalue weighted by Gasteiger charge is 2.09. The smallest absolute Gasteiger partial charge is 0.356 e. The van der Waals surface area contributed by atoms with E-state index in [1.54, 1.807) is 0 Å². The highest BCUT2D eigenvalue weighted by Crippen LogP contribution is 2.13. The average molecular weight is 257 g/mol. The number of benzene rings is 1. The molecule has 0 aliphatic heterocycles. The minimum atomic E-state index is -1.06. The fourth-order valence-electron chi connectivity index (χ4n) is 1.75. The Hall–Kier alpha value is -2.43. The van der Waals surface area contributed by atoms with E-state index in [9.17, 15) is 4.79 Å². The quantitative estimate of drug-likeness (QED) is 0.889. The lowest BCUT2D eigenvalue weighted by atomic mass is 10.2. The normalized spacial score (nSPS) is 10.2. The number of aromatic carboxylic acids is 1. The fourth-order valence-corrected chi connectivity index (χ4v) is 1.75. The zero-order chi connectivity index (χ0) is 13.7. The number of hydrogen-bond acceptors (Lipinski definition) is 4. The summed E-state index contributed by atoms with van der Waals surface area (Å²) in [5, 5.41) is 8.79. The maximum atomic E-state index is 10.7. The second-order valence-corrected chi connectivity index (χ2v) is 4.06. The van der Waals surface area contributed by atoms with Crippen LogP contribution in [0.15, 0.2) is 42.7 Å². The first-order valence-electron chi connectivity index (χ1n) is 6.05. The largest absolute Gasteiger partial charge is 0.476 e. The SMILES string of the molecule is CCN(Cc1ccccc1)c1cnc(C(=O)O)cn1. The maximum absolute atomic E-state index is 10.7. The van der Waals surface area contributed by atoms with Crippen LogP contribution in [0.25, 0.3) is 0 Å². The molecule has 2 rings (SSSR count). The number of anilines is 1. The van der Waals surface area contributed by atoms with Gasteiger partial charge in [0.25, 0.3) is 0 Å². The van der Waals surface area contributed by atoms with Gasteiger partial charge >= 0.3 is 5.97 Å². The van der Waals surface area contributed by atoms with E-state index in [2.05, 4.69) is 9.97 Å². The maximum Gasteiger partial charge on any atom is 0.356 e. The van der Waals surface area contributed by atoms with Gasteiger partial charge in [-0.25, -0.2) is 14.8 Å². The van der Waals surface area contributed by atoms with Crippen LogP contribution in [-0.2, 0) is 6.54 Å². The van der Waals surface area contributed by atoms with Crippen molar-refractivity contribution in [2.24, 2.45) is 0 Å². The molecular formula is C14H15N3O2. The molecule has 0 unspecified atom stereocenters. The van der Waals surface area contributed by atoms with Crippen LogP contribution >= 0.6 is 0 Å². The minimum absolute atomic E-state index is 0.0421. The van der Waals surface area contributed by atoms with Crippen molar-refractivity contribution in [1.29, 1.82) is 0 Å². The first-order chi connectivity index (χ1) is 9.20. The Kier molecular flexibility index (Phi) is 4.07. The summed E-state index contributed by atoms with van der Waals surface area (Å²) in [5.41, 5.74) is 1.13. The molecule has 0 bridgehead atoms. The van der Waals surface area contributed by atoms with Crippen LogP contribution in [0.1, 0.15) is 23.0 Å². The van der Waals surface area contributed by atoms with Crippen LogP contribution in [0.2, 0.25) is 0 Å².